The van der Waals surface area contributed by atoms with E-state index >= 15 is 0 Å². The molecule has 0 spiro atoms. The number of carbonyl (C=O) groups is 1. The van der Waals surface area contributed by atoms with E-state index < -0.39 is 17.7 Å². The van der Waals surface area contributed by atoms with Crippen LogP contribution in [0, 0.1) is 17.1 Å². The van der Waals surface area contributed by atoms with E-state index in [9.17, 15) is 9.18 Å². The average Bonchev–Trinajstić information content (AvgIpc) is 2.26. The lowest BCUT2D eigenvalue weighted by molar-refractivity contribution is -0.142. The van der Waals surface area contributed by atoms with E-state index in [0.29, 0.717) is 0 Å². The first-order valence-corrected chi connectivity index (χ1v) is 4.37. The summed E-state index contributed by atoms with van der Waals surface area (Å²) in [6.07, 6.45) is 0. The highest BCUT2D eigenvalue weighted by Gasteiger charge is 2.19. The quantitative estimate of drug-likeness (QED) is 0.696. The van der Waals surface area contributed by atoms with Gasteiger partial charge in [-0.05, 0) is 19.1 Å². The predicted octanol–water partition coefficient (Wildman–Crippen LogP) is 1.97. The standard InChI is InChI=1S/C11H10FNO2/c1-7(11(14)15-2)9-4-3-8(6-13)5-10(9)12/h3-5,7H,1-2H3. The molecule has 1 unspecified atom stereocenters. The third-order valence-electron chi connectivity index (χ3n) is 2.15. The molecule has 0 heterocycles. The predicted molar refractivity (Wildman–Crippen MR) is 51.5 cm³/mol. The Hall–Kier alpha value is -1.89. The Bertz CT molecular complexity index is 423. The number of rotatable bonds is 2. The zero-order chi connectivity index (χ0) is 11.4. The van der Waals surface area contributed by atoms with Crippen LogP contribution in [0.3, 0.4) is 0 Å². The minimum absolute atomic E-state index is 0.230. The fourth-order valence-electron chi connectivity index (χ4n) is 1.25. The van der Waals surface area contributed by atoms with Crippen molar-refractivity contribution >= 4 is 5.97 Å². The number of carbonyl (C=O) groups excluding carboxylic acids is 1. The molecule has 1 rings (SSSR count). The van der Waals surface area contributed by atoms with Gasteiger partial charge in [0.1, 0.15) is 5.82 Å². The van der Waals surface area contributed by atoms with Crippen molar-refractivity contribution in [1.29, 1.82) is 5.26 Å². The number of benzene rings is 1. The van der Waals surface area contributed by atoms with Gasteiger partial charge in [0.15, 0.2) is 0 Å². The lowest BCUT2D eigenvalue weighted by atomic mass is 9.99. The fraction of sp³-hybridized carbons (Fsp3) is 0.273. The Morgan fingerprint density at radius 2 is 2.27 bits per heavy atom. The third kappa shape index (κ3) is 2.32. The van der Waals surface area contributed by atoms with Crippen LogP contribution >= 0.6 is 0 Å². The molecule has 0 saturated carbocycles. The summed E-state index contributed by atoms with van der Waals surface area (Å²) in [6, 6.07) is 5.82. The number of nitriles is 1. The molecule has 0 N–H and O–H groups in total. The molecule has 0 aliphatic rings. The van der Waals surface area contributed by atoms with Gasteiger partial charge in [-0.15, -0.1) is 0 Å². The molecular weight excluding hydrogens is 197 g/mol. The summed E-state index contributed by atoms with van der Waals surface area (Å²) >= 11 is 0. The molecule has 0 radical (unpaired) electrons. The highest BCUT2D eigenvalue weighted by Crippen LogP contribution is 2.20. The summed E-state index contributed by atoms with van der Waals surface area (Å²) in [4.78, 5) is 11.2. The van der Waals surface area contributed by atoms with E-state index in [1.807, 2.05) is 6.07 Å². The molecule has 15 heavy (non-hydrogen) atoms. The molecule has 3 nitrogen and oxygen atoms in total. The minimum Gasteiger partial charge on any atom is -0.469 e. The zero-order valence-electron chi connectivity index (χ0n) is 8.45. The van der Waals surface area contributed by atoms with Gasteiger partial charge in [-0.3, -0.25) is 4.79 Å². The molecule has 0 saturated heterocycles. The molecule has 0 aromatic heterocycles. The molecule has 1 aromatic rings. The van der Waals surface area contributed by atoms with Crippen LogP contribution in [0.5, 0.6) is 0 Å². The van der Waals surface area contributed by atoms with Crippen molar-refractivity contribution in [3.63, 3.8) is 0 Å². The number of esters is 1. The summed E-state index contributed by atoms with van der Waals surface area (Å²) in [5, 5.41) is 8.54. The van der Waals surface area contributed by atoms with E-state index in [0.717, 1.165) is 6.07 Å². The third-order valence-corrected chi connectivity index (χ3v) is 2.15. The van der Waals surface area contributed by atoms with Gasteiger partial charge in [0.2, 0.25) is 0 Å². The van der Waals surface area contributed by atoms with Crippen LogP contribution < -0.4 is 0 Å². The second kappa shape index (κ2) is 4.56. The first kappa shape index (κ1) is 11.2. The fourth-order valence-corrected chi connectivity index (χ4v) is 1.25. The topological polar surface area (TPSA) is 50.1 Å². The minimum atomic E-state index is -0.664. The van der Waals surface area contributed by atoms with Gasteiger partial charge in [-0.25, -0.2) is 4.39 Å². The second-order valence-corrected chi connectivity index (χ2v) is 3.09. The lowest BCUT2D eigenvalue weighted by Crippen LogP contribution is -2.12. The van der Waals surface area contributed by atoms with Gasteiger partial charge >= 0.3 is 5.97 Å². The molecule has 4 heteroatoms. The maximum atomic E-state index is 13.4. The van der Waals surface area contributed by atoms with Crippen molar-refractivity contribution in [2.75, 3.05) is 7.11 Å². The number of halogens is 1. The van der Waals surface area contributed by atoms with E-state index in [2.05, 4.69) is 4.74 Å². The van der Waals surface area contributed by atoms with E-state index in [-0.39, 0.29) is 11.1 Å². The lowest BCUT2D eigenvalue weighted by Gasteiger charge is -2.10. The maximum Gasteiger partial charge on any atom is 0.312 e. The summed E-state index contributed by atoms with van der Waals surface area (Å²) in [7, 11) is 1.25. The smallest absolute Gasteiger partial charge is 0.312 e. The van der Waals surface area contributed by atoms with Crippen molar-refractivity contribution in [1.82, 2.24) is 0 Å². The number of methoxy groups -OCH3 is 1. The van der Waals surface area contributed by atoms with Crippen molar-refractivity contribution in [3.05, 3.63) is 35.1 Å². The highest BCUT2D eigenvalue weighted by molar-refractivity contribution is 5.77. The largest absolute Gasteiger partial charge is 0.469 e. The number of ether oxygens (including phenoxy) is 1. The van der Waals surface area contributed by atoms with Crippen molar-refractivity contribution < 1.29 is 13.9 Å². The van der Waals surface area contributed by atoms with Gasteiger partial charge < -0.3 is 4.74 Å². The Labute approximate surface area is 87.1 Å². The zero-order valence-corrected chi connectivity index (χ0v) is 8.45. The van der Waals surface area contributed by atoms with Gasteiger partial charge in [-0.1, -0.05) is 6.07 Å². The molecule has 0 amide bonds. The second-order valence-electron chi connectivity index (χ2n) is 3.09. The van der Waals surface area contributed by atoms with E-state index in [1.165, 1.54) is 19.2 Å². The summed E-state index contributed by atoms with van der Waals surface area (Å²) in [5.41, 5.74) is 0.467. The van der Waals surface area contributed by atoms with Gasteiger partial charge in [-0.2, -0.15) is 5.26 Å². The first-order valence-electron chi connectivity index (χ1n) is 4.37. The van der Waals surface area contributed by atoms with Crippen LogP contribution in [0.15, 0.2) is 18.2 Å². The molecular formula is C11H10FNO2. The number of nitrogens with zero attached hydrogens (tertiary/aromatic N) is 1. The number of hydrogen-bond donors (Lipinski definition) is 0. The van der Waals surface area contributed by atoms with Crippen molar-refractivity contribution in [2.45, 2.75) is 12.8 Å². The molecule has 1 atom stereocenters. The first-order chi connectivity index (χ1) is 7.10. The van der Waals surface area contributed by atoms with Crippen LogP contribution in [0.1, 0.15) is 24.0 Å². The molecule has 78 valence electrons. The van der Waals surface area contributed by atoms with Gasteiger partial charge in [0.05, 0.1) is 24.7 Å². The summed E-state index contributed by atoms with van der Waals surface area (Å²) in [6.45, 7) is 1.55. The Morgan fingerprint density at radius 1 is 1.60 bits per heavy atom. The van der Waals surface area contributed by atoms with Gasteiger partial charge in [0, 0.05) is 5.56 Å². The SMILES string of the molecule is COC(=O)C(C)c1ccc(C#N)cc1F. The Kier molecular flexibility index (Phi) is 3.40. The molecule has 0 fully saturated rings. The van der Waals surface area contributed by atoms with Gasteiger partial charge in [0.25, 0.3) is 0 Å². The molecule has 0 aliphatic carbocycles. The molecule has 1 aromatic carbocycles. The summed E-state index contributed by atoms with van der Waals surface area (Å²) in [5.74, 6) is -1.73. The van der Waals surface area contributed by atoms with Crippen LogP contribution in [-0.2, 0) is 9.53 Å². The van der Waals surface area contributed by atoms with E-state index in [4.69, 9.17) is 5.26 Å². The monoisotopic (exact) mass is 207 g/mol. The maximum absolute atomic E-state index is 13.4. The molecule has 0 aliphatic heterocycles. The summed E-state index contributed by atoms with van der Waals surface area (Å²) < 4.78 is 17.9. The van der Waals surface area contributed by atoms with Crippen LogP contribution in [0.4, 0.5) is 4.39 Å². The van der Waals surface area contributed by atoms with Crippen molar-refractivity contribution in [2.24, 2.45) is 0 Å². The van der Waals surface area contributed by atoms with E-state index in [1.54, 1.807) is 6.92 Å². The van der Waals surface area contributed by atoms with Crippen LogP contribution in [0.2, 0.25) is 0 Å². The number of hydrogen-bond acceptors (Lipinski definition) is 3. The van der Waals surface area contributed by atoms with Crippen LogP contribution in [-0.4, -0.2) is 13.1 Å². The van der Waals surface area contributed by atoms with Crippen molar-refractivity contribution in [3.8, 4) is 6.07 Å². The highest BCUT2D eigenvalue weighted by atomic mass is 19.1. The molecule has 0 bridgehead atoms. The van der Waals surface area contributed by atoms with Crippen LogP contribution in [0.25, 0.3) is 0 Å². The Morgan fingerprint density at radius 3 is 2.73 bits per heavy atom. The average molecular weight is 207 g/mol. The normalized spacial score (nSPS) is 11.6. The Balaban J connectivity index is 3.07.